The molecule has 0 saturated carbocycles. The first-order chi connectivity index (χ1) is 9.46. The third-order valence-electron chi connectivity index (χ3n) is 2.35. The third-order valence-corrected chi connectivity index (χ3v) is 2.35. The van der Waals surface area contributed by atoms with Crippen LogP contribution in [0.5, 0.6) is 5.75 Å². The number of azo groups is 1. The Balaban J connectivity index is 0. The van der Waals surface area contributed by atoms with Crippen LogP contribution in [-0.4, -0.2) is 39.3 Å². The van der Waals surface area contributed by atoms with Gasteiger partial charge in [-0.15, -0.1) is 0 Å². The fourth-order valence-electron chi connectivity index (χ4n) is 1.12. The fraction of sp³-hybridized carbons (Fsp3) is 0.500. The van der Waals surface area contributed by atoms with Gasteiger partial charge in [-0.05, 0) is 37.1 Å². The van der Waals surface area contributed by atoms with Gasteiger partial charge >= 0.3 is 0 Å². The number of carbonyl (C=O) groups is 1. The fourth-order valence-corrected chi connectivity index (χ4v) is 1.12. The first-order valence-corrected chi connectivity index (χ1v) is 6.04. The smallest absolute Gasteiger partial charge is 0.216 e. The minimum absolute atomic E-state index is 0.00463. The van der Waals surface area contributed by atoms with Crippen LogP contribution >= 0.6 is 0 Å². The maximum atomic E-state index is 9.70. The molecule has 0 aliphatic carbocycles. The van der Waals surface area contributed by atoms with Crippen molar-refractivity contribution in [3.8, 4) is 5.75 Å². The van der Waals surface area contributed by atoms with E-state index in [1.54, 1.807) is 21.2 Å². The second-order valence-corrected chi connectivity index (χ2v) is 3.71. The van der Waals surface area contributed by atoms with Crippen LogP contribution in [0.4, 0.5) is 5.69 Å². The number of methoxy groups -OCH3 is 1. The SMILES string of the molecule is CN=Nc1cc(C)c(C)cc1OC.CNC(C)=O.CO. The van der Waals surface area contributed by atoms with Crippen molar-refractivity contribution in [3.63, 3.8) is 0 Å². The largest absolute Gasteiger partial charge is 0.494 e. The van der Waals surface area contributed by atoms with Crippen LogP contribution in [-0.2, 0) is 4.79 Å². The molecule has 0 atom stereocenters. The molecule has 6 heteroatoms. The lowest BCUT2D eigenvalue weighted by molar-refractivity contribution is -0.118. The van der Waals surface area contributed by atoms with Crippen molar-refractivity contribution >= 4 is 11.6 Å². The number of aryl methyl sites for hydroxylation is 2. The lowest BCUT2D eigenvalue weighted by Crippen LogP contribution is -2.11. The van der Waals surface area contributed by atoms with Crippen LogP contribution < -0.4 is 10.1 Å². The Kier molecular flexibility index (Phi) is 12.3. The van der Waals surface area contributed by atoms with Gasteiger partial charge in [-0.2, -0.15) is 10.2 Å². The van der Waals surface area contributed by atoms with E-state index in [9.17, 15) is 4.79 Å². The molecule has 2 N–H and O–H groups in total. The van der Waals surface area contributed by atoms with E-state index in [1.807, 2.05) is 26.0 Å². The Morgan fingerprint density at radius 3 is 2.05 bits per heavy atom. The Labute approximate surface area is 120 Å². The predicted octanol–water partition coefficient (Wildman–Crippen LogP) is 2.39. The number of ether oxygens (including phenoxy) is 1. The molecule has 20 heavy (non-hydrogen) atoms. The summed E-state index contributed by atoms with van der Waals surface area (Å²) in [5.41, 5.74) is 3.18. The van der Waals surface area contributed by atoms with Gasteiger partial charge in [0.1, 0.15) is 11.4 Å². The van der Waals surface area contributed by atoms with Crippen LogP contribution in [0.3, 0.4) is 0 Å². The van der Waals surface area contributed by atoms with Crippen molar-refractivity contribution in [2.75, 3.05) is 28.3 Å². The first kappa shape index (κ1) is 20.4. The van der Waals surface area contributed by atoms with Crippen LogP contribution in [0.25, 0.3) is 0 Å². The molecule has 0 spiro atoms. The number of rotatable bonds is 2. The molecule has 0 bridgehead atoms. The number of nitrogens with zero attached hydrogens (tertiary/aromatic N) is 2. The average Bonchev–Trinajstić information content (AvgIpc) is 2.45. The van der Waals surface area contributed by atoms with Crippen LogP contribution in [0.1, 0.15) is 18.1 Å². The van der Waals surface area contributed by atoms with Gasteiger partial charge < -0.3 is 15.2 Å². The van der Waals surface area contributed by atoms with Gasteiger partial charge in [0.2, 0.25) is 5.91 Å². The minimum atomic E-state index is 0.00463. The van der Waals surface area contributed by atoms with Crippen molar-refractivity contribution in [2.24, 2.45) is 10.2 Å². The zero-order valence-electron chi connectivity index (χ0n) is 13.3. The number of benzene rings is 1. The molecule has 0 radical (unpaired) electrons. The molecule has 0 heterocycles. The normalized spacial score (nSPS) is 9.00. The van der Waals surface area contributed by atoms with E-state index in [1.165, 1.54) is 18.1 Å². The number of aliphatic hydroxyl groups is 1. The summed E-state index contributed by atoms with van der Waals surface area (Å²) in [4.78, 5) is 9.70. The first-order valence-electron chi connectivity index (χ1n) is 6.04. The van der Waals surface area contributed by atoms with Crippen molar-refractivity contribution in [1.82, 2.24) is 5.32 Å². The van der Waals surface area contributed by atoms with Gasteiger partial charge in [0.25, 0.3) is 0 Å². The summed E-state index contributed by atoms with van der Waals surface area (Å²) in [6.45, 7) is 5.56. The van der Waals surface area contributed by atoms with E-state index in [0.29, 0.717) is 0 Å². The lowest BCUT2D eigenvalue weighted by atomic mass is 10.1. The molecule has 0 aliphatic heterocycles. The van der Waals surface area contributed by atoms with Gasteiger partial charge in [0, 0.05) is 28.1 Å². The van der Waals surface area contributed by atoms with E-state index in [0.717, 1.165) is 18.5 Å². The Morgan fingerprint density at radius 2 is 1.70 bits per heavy atom. The maximum Gasteiger partial charge on any atom is 0.216 e. The second kappa shape index (κ2) is 12.1. The number of amides is 1. The molecular weight excluding hydrogens is 258 g/mol. The van der Waals surface area contributed by atoms with Crippen LogP contribution in [0, 0.1) is 13.8 Å². The highest BCUT2D eigenvalue weighted by Gasteiger charge is 2.04. The van der Waals surface area contributed by atoms with Crippen molar-refractivity contribution < 1.29 is 14.6 Å². The molecule has 114 valence electrons. The lowest BCUT2D eigenvalue weighted by Gasteiger charge is -2.06. The summed E-state index contributed by atoms with van der Waals surface area (Å²) < 4.78 is 5.18. The molecule has 1 aromatic rings. The zero-order chi connectivity index (χ0) is 16.1. The minimum Gasteiger partial charge on any atom is -0.494 e. The zero-order valence-corrected chi connectivity index (χ0v) is 13.3. The summed E-state index contributed by atoms with van der Waals surface area (Å²) in [6, 6.07) is 3.94. The molecule has 1 rings (SSSR count). The monoisotopic (exact) mass is 283 g/mol. The summed E-state index contributed by atoms with van der Waals surface area (Å²) >= 11 is 0. The molecule has 0 aromatic heterocycles. The van der Waals surface area contributed by atoms with Gasteiger partial charge in [0.15, 0.2) is 0 Å². The Morgan fingerprint density at radius 1 is 1.25 bits per heavy atom. The highest BCUT2D eigenvalue weighted by molar-refractivity contribution is 5.72. The van der Waals surface area contributed by atoms with Gasteiger partial charge in [-0.25, -0.2) is 0 Å². The summed E-state index contributed by atoms with van der Waals surface area (Å²) in [5, 5.41) is 17.1. The van der Waals surface area contributed by atoms with Crippen molar-refractivity contribution in [2.45, 2.75) is 20.8 Å². The van der Waals surface area contributed by atoms with Gasteiger partial charge in [0.05, 0.1) is 7.11 Å². The van der Waals surface area contributed by atoms with E-state index < -0.39 is 0 Å². The third kappa shape index (κ3) is 8.20. The molecule has 1 aromatic carbocycles. The number of hydrogen-bond donors (Lipinski definition) is 2. The highest BCUT2D eigenvalue weighted by Crippen LogP contribution is 2.30. The standard InChI is InChI=1S/C10H14N2O.C3H7NO.CH4O/c1-7-5-9(12-11-3)10(13-4)6-8(7)2;1-3(5)4-2;1-2/h5-6H,1-4H3;1-2H3,(H,4,5);2H,1H3. The average molecular weight is 283 g/mol. The molecule has 0 aliphatic rings. The predicted molar refractivity (Wildman–Crippen MR) is 80.8 cm³/mol. The van der Waals surface area contributed by atoms with Crippen LogP contribution in [0.15, 0.2) is 22.4 Å². The number of carbonyl (C=O) groups excluding carboxylic acids is 1. The van der Waals surface area contributed by atoms with E-state index >= 15 is 0 Å². The number of hydrogen-bond acceptors (Lipinski definition) is 5. The quantitative estimate of drug-likeness (QED) is 0.817. The van der Waals surface area contributed by atoms with Gasteiger partial charge in [-0.3, -0.25) is 4.79 Å². The second-order valence-electron chi connectivity index (χ2n) is 3.71. The molecule has 1 amide bonds. The molecular formula is C14H25N3O3. The van der Waals surface area contributed by atoms with E-state index in [2.05, 4.69) is 15.5 Å². The van der Waals surface area contributed by atoms with Crippen molar-refractivity contribution in [1.29, 1.82) is 0 Å². The highest BCUT2D eigenvalue weighted by atomic mass is 16.5. The summed E-state index contributed by atoms with van der Waals surface area (Å²) in [6.07, 6.45) is 0. The maximum absolute atomic E-state index is 9.70. The Hall–Kier alpha value is -1.95. The molecule has 6 nitrogen and oxygen atoms in total. The summed E-state index contributed by atoms with van der Waals surface area (Å²) in [7, 11) is 5.88. The van der Waals surface area contributed by atoms with Crippen LogP contribution in [0.2, 0.25) is 0 Å². The molecule has 0 saturated heterocycles. The molecule has 0 fully saturated rings. The number of aliphatic hydroxyl groups excluding tert-OH is 1. The van der Waals surface area contributed by atoms with Crippen molar-refractivity contribution in [3.05, 3.63) is 23.3 Å². The van der Waals surface area contributed by atoms with E-state index in [4.69, 9.17) is 9.84 Å². The topological polar surface area (TPSA) is 83.3 Å². The Bertz CT molecular complexity index is 432. The van der Waals surface area contributed by atoms with Gasteiger partial charge in [-0.1, -0.05) is 0 Å². The number of nitrogens with one attached hydrogen (secondary N) is 1. The summed E-state index contributed by atoms with van der Waals surface area (Å²) in [5.74, 6) is 0.777. The van der Waals surface area contributed by atoms with E-state index in [-0.39, 0.29) is 5.91 Å². The molecule has 0 unspecified atom stereocenters.